The van der Waals surface area contributed by atoms with Crippen LogP contribution in [-0.2, 0) is 6.42 Å². The van der Waals surface area contributed by atoms with Crippen molar-refractivity contribution >= 4 is 5.97 Å². The molecule has 17 heavy (non-hydrogen) atoms. The van der Waals surface area contributed by atoms with Gasteiger partial charge in [-0.2, -0.15) is 0 Å². The van der Waals surface area contributed by atoms with Crippen molar-refractivity contribution in [2.45, 2.75) is 13.3 Å². The molecule has 0 atom stereocenters. The molecule has 0 saturated carbocycles. The van der Waals surface area contributed by atoms with Crippen molar-refractivity contribution < 1.29 is 9.90 Å². The minimum Gasteiger partial charge on any atom is -0.478 e. The number of pyridine rings is 1. The number of aromatic nitrogens is 1. The second-order valence-electron chi connectivity index (χ2n) is 3.79. The molecule has 3 nitrogen and oxygen atoms in total. The van der Waals surface area contributed by atoms with Crippen LogP contribution < -0.4 is 0 Å². The normalized spacial score (nSPS) is 10.2. The zero-order valence-corrected chi connectivity index (χ0v) is 9.55. The van der Waals surface area contributed by atoms with E-state index in [1.165, 1.54) is 11.8 Å². The van der Waals surface area contributed by atoms with E-state index in [9.17, 15) is 4.79 Å². The van der Waals surface area contributed by atoms with Crippen LogP contribution in [0.1, 0.15) is 22.8 Å². The van der Waals surface area contributed by atoms with Crippen molar-refractivity contribution in [1.82, 2.24) is 4.98 Å². The number of hydrogen-bond donors (Lipinski definition) is 1. The molecule has 0 bridgehead atoms. The number of nitrogens with zero attached hydrogens (tertiary/aromatic N) is 1. The largest absolute Gasteiger partial charge is 0.478 e. The molecule has 0 radical (unpaired) electrons. The van der Waals surface area contributed by atoms with Gasteiger partial charge in [-0.1, -0.05) is 25.1 Å². The van der Waals surface area contributed by atoms with Crippen LogP contribution in [0.2, 0.25) is 0 Å². The molecule has 0 fully saturated rings. The van der Waals surface area contributed by atoms with Crippen molar-refractivity contribution in [3.8, 4) is 11.3 Å². The van der Waals surface area contributed by atoms with Gasteiger partial charge in [0.2, 0.25) is 0 Å². The van der Waals surface area contributed by atoms with E-state index in [4.69, 9.17) is 5.11 Å². The molecule has 0 unspecified atom stereocenters. The third-order valence-corrected chi connectivity index (χ3v) is 2.64. The zero-order chi connectivity index (χ0) is 12.3. The second kappa shape index (κ2) is 4.78. The van der Waals surface area contributed by atoms with E-state index in [-0.39, 0.29) is 5.56 Å². The van der Waals surface area contributed by atoms with Gasteiger partial charge in [-0.05, 0) is 30.2 Å². The Bertz CT molecular complexity index is 532. The van der Waals surface area contributed by atoms with Crippen molar-refractivity contribution in [2.24, 2.45) is 0 Å². The van der Waals surface area contributed by atoms with Gasteiger partial charge >= 0.3 is 5.97 Å². The summed E-state index contributed by atoms with van der Waals surface area (Å²) in [5, 5.41) is 8.79. The quantitative estimate of drug-likeness (QED) is 0.876. The van der Waals surface area contributed by atoms with E-state index in [2.05, 4.69) is 24.0 Å². The molecular weight excluding hydrogens is 214 g/mol. The highest BCUT2D eigenvalue weighted by Gasteiger charge is 2.04. The van der Waals surface area contributed by atoms with Gasteiger partial charge in [0.25, 0.3) is 0 Å². The predicted octanol–water partition coefficient (Wildman–Crippen LogP) is 3.01. The van der Waals surface area contributed by atoms with Crippen molar-refractivity contribution in [2.75, 3.05) is 0 Å². The highest BCUT2D eigenvalue weighted by Crippen LogP contribution is 2.18. The van der Waals surface area contributed by atoms with Crippen LogP contribution in [0.25, 0.3) is 11.3 Å². The van der Waals surface area contributed by atoms with Gasteiger partial charge in [-0.15, -0.1) is 0 Å². The van der Waals surface area contributed by atoms with E-state index >= 15 is 0 Å². The van der Waals surface area contributed by atoms with Crippen molar-refractivity contribution in [1.29, 1.82) is 0 Å². The highest BCUT2D eigenvalue weighted by atomic mass is 16.4. The molecule has 1 heterocycles. The maximum absolute atomic E-state index is 10.7. The molecule has 1 N–H and O–H groups in total. The number of rotatable bonds is 3. The summed E-state index contributed by atoms with van der Waals surface area (Å²) in [5.74, 6) is -0.952. The van der Waals surface area contributed by atoms with Gasteiger partial charge in [-0.25, -0.2) is 4.79 Å². The fourth-order valence-electron chi connectivity index (χ4n) is 1.64. The Morgan fingerprint density at radius 3 is 2.71 bits per heavy atom. The summed E-state index contributed by atoms with van der Waals surface area (Å²) in [6, 6.07) is 11.4. The Balaban J connectivity index is 2.36. The first kappa shape index (κ1) is 11.3. The monoisotopic (exact) mass is 227 g/mol. The first-order chi connectivity index (χ1) is 8.20. The van der Waals surface area contributed by atoms with Crippen molar-refractivity contribution in [3.05, 3.63) is 53.7 Å². The number of carboxylic acid groups (broad SMARTS) is 1. The van der Waals surface area contributed by atoms with Gasteiger partial charge in [0.15, 0.2) is 0 Å². The number of hydrogen-bond acceptors (Lipinski definition) is 2. The van der Waals surface area contributed by atoms with E-state index in [0.717, 1.165) is 17.7 Å². The van der Waals surface area contributed by atoms with Gasteiger partial charge in [0.05, 0.1) is 11.3 Å². The number of aryl methyl sites for hydroxylation is 1. The molecule has 0 aliphatic heterocycles. The standard InChI is InChI=1S/C14H13NO2/c1-2-10-4-3-5-11(8-10)13-7-6-12(9-15-13)14(16)17/h3-9H,2H2,1H3,(H,16,17). The van der Waals surface area contributed by atoms with E-state index in [1.54, 1.807) is 12.1 Å². The van der Waals surface area contributed by atoms with Gasteiger partial charge in [0, 0.05) is 11.8 Å². The Morgan fingerprint density at radius 1 is 1.29 bits per heavy atom. The fourth-order valence-corrected chi connectivity index (χ4v) is 1.64. The minimum atomic E-state index is -0.952. The van der Waals surface area contributed by atoms with Crippen LogP contribution in [0.3, 0.4) is 0 Å². The Labute approximate surface area is 99.8 Å². The fraction of sp³-hybridized carbons (Fsp3) is 0.143. The first-order valence-electron chi connectivity index (χ1n) is 5.49. The SMILES string of the molecule is CCc1cccc(-c2ccc(C(=O)O)cn2)c1. The summed E-state index contributed by atoms with van der Waals surface area (Å²) in [6.07, 6.45) is 2.36. The minimum absolute atomic E-state index is 0.209. The summed E-state index contributed by atoms with van der Waals surface area (Å²) in [4.78, 5) is 14.9. The Kier molecular flexibility index (Phi) is 3.19. The molecular formula is C14H13NO2. The molecule has 0 amide bonds. The molecule has 1 aromatic carbocycles. The molecule has 0 aliphatic carbocycles. The zero-order valence-electron chi connectivity index (χ0n) is 9.55. The molecule has 0 saturated heterocycles. The van der Waals surface area contributed by atoms with Gasteiger partial charge < -0.3 is 5.11 Å². The first-order valence-corrected chi connectivity index (χ1v) is 5.49. The summed E-state index contributed by atoms with van der Waals surface area (Å²) in [7, 11) is 0. The van der Waals surface area contributed by atoms with Gasteiger partial charge in [-0.3, -0.25) is 4.98 Å². The Hall–Kier alpha value is -2.16. The lowest BCUT2D eigenvalue weighted by molar-refractivity contribution is 0.0696. The molecule has 0 spiro atoms. The Morgan fingerprint density at radius 2 is 2.12 bits per heavy atom. The topological polar surface area (TPSA) is 50.2 Å². The maximum Gasteiger partial charge on any atom is 0.337 e. The smallest absolute Gasteiger partial charge is 0.337 e. The van der Waals surface area contributed by atoms with Crippen LogP contribution in [0.5, 0.6) is 0 Å². The average Bonchev–Trinajstić information content (AvgIpc) is 2.39. The van der Waals surface area contributed by atoms with Crippen LogP contribution in [0.4, 0.5) is 0 Å². The predicted molar refractivity (Wildman–Crippen MR) is 66.0 cm³/mol. The van der Waals surface area contributed by atoms with Crippen molar-refractivity contribution in [3.63, 3.8) is 0 Å². The van der Waals surface area contributed by atoms with Crippen LogP contribution in [0, 0.1) is 0 Å². The second-order valence-corrected chi connectivity index (χ2v) is 3.79. The lowest BCUT2D eigenvalue weighted by Crippen LogP contribution is -1.97. The summed E-state index contributed by atoms with van der Waals surface area (Å²) < 4.78 is 0. The van der Waals surface area contributed by atoms with E-state index in [1.807, 2.05) is 12.1 Å². The third kappa shape index (κ3) is 2.50. The summed E-state index contributed by atoms with van der Waals surface area (Å²) in [6.45, 7) is 2.10. The molecule has 1 aromatic heterocycles. The van der Waals surface area contributed by atoms with Crippen LogP contribution >= 0.6 is 0 Å². The van der Waals surface area contributed by atoms with Crippen LogP contribution in [-0.4, -0.2) is 16.1 Å². The molecule has 0 aliphatic rings. The molecule has 2 rings (SSSR count). The lowest BCUT2D eigenvalue weighted by atomic mass is 10.1. The summed E-state index contributed by atoms with van der Waals surface area (Å²) in [5.41, 5.74) is 3.26. The summed E-state index contributed by atoms with van der Waals surface area (Å²) >= 11 is 0. The molecule has 2 aromatic rings. The average molecular weight is 227 g/mol. The third-order valence-electron chi connectivity index (χ3n) is 2.64. The number of aromatic carboxylic acids is 1. The molecule has 86 valence electrons. The van der Waals surface area contributed by atoms with Gasteiger partial charge in [0.1, 0.15) is 0 Å². The van der Waals surface area contributed by atoms with Crippen LogP contribution in [0.15, 0.2) is 42.6 Å². The van der Waals surface area contributed by atoms with E-state index in [0.29, 0.717) is 0 Å². The number of benzene rings is 1. The molecule has 3 heteroatoms. The highest BCUT2D eigenvalue weighted by molar-refractivity contribution is 5.87. The van der Waals surface area contributed by atoms with E-state index < -0.39 is 5.97 Å². The number of carbonyl (C=O) groups is 1. The lowest BCUT2D eigenvalue weighted by Gasteiger charge is -2.03. The maximum atomic E-state index is 10.7. The number of carboxylic acids is 1.